The molecule has 1 aromatic carbocycles. The van der Waals surface area contributed by atoms with Crippen LogP contribution in [0.3, 0.4) is 0 Å². The first-order chi connectivity index (χ1) is 14.6. The van der Waals surface area contributed by atoms with E-state index in [2.05, 4.69) is 15.4 Å². The quantitative estimate of drug-likeness (QED) is 0.348. The van der Waals surface area contributed by atoms with Crippen LogP contribution in [0.1, 0.15) is 50.6 Å². The average molecular weight is 455 g/mol. The first-order valence-corrected chi connectivity index (χ1v) is 12.0. The van der Waals surface area contributed by atoms with Gasteiger partial charge in [-0.3, -0.25) is 14.9 Å². The molecule has 0 spiro atoms. The van der Waals surface area contributed by atoms with Gasteiger partial charge in [-0.15, -0.1) is 0 Å². The van der Waals surface area contributed by atoms with Gasteiger partial charge in [0.25, 0.3) is 0 Å². The van der Waals surface area contributed by atoms with E-state index in [0.717, 1.165) is 12.8 Å². The van der Waals surface area contributed by atoms with E-state index in [4.69, 9.17) is 0 Å². The van der Waals surface area contributed by atoms with E-state index >= 15 is 0 Å². The molecule has 31 heavy (non-hydrogen) atoms. The number of hydrogen-bond acceptors (Lipinski definition) is 5. The Hall–Kier alpha value is -2.53. The lowest BCUT2D eigenvalue weighted by atomic mass is 10.1. The van der Waals surface area contributed by atoms with Crippen molar-refractivity contribution in [2.24, 2.45) is 5.92 Å². The van der Waals surface area contributed by atoms with Crippen molar-refractivity contribution in [2.45, 2.75) is 45.1 Å². The summed E-state index contributed by atoms with van der Waals surface area (Å²) in [5.74, 6) is -1.28. The number of halogens is 1. The lowest BCUT2D eigenvalue weighted by Crippen LogP contribution is -2.30. The molecular weight excluding hydrogens is 427 g/mol. The van der Waals surface area contributed by atoms with Crippen LogP contribution in [0.15, 0.2) is 18.2 Å². The van der Waals surface area contributed by atoms with Crippen molar-refractivity contribution in [1.29, 1.82) is 0 Å². The molecule has 1 aliphatic heterocycles. The number of hydrogen-bond donors (Lipinski definition) is 3. The molecule has 0 aromatic heterocycles. The number of carbonyl (C=O) groups is 3. The molecule has 0 radical (unpaired) electrons. The number of nitrogens with one attached hydrogen (secondary N) is 3. The summed E-state index contributed by atoms with van der Waals surface area (Å²) in [5, 5.41) is 4.75. The third kappa shape index (κ3) is 6.73. The summed E-state index contributed by atoms with van der Waals surface area (Å²) in [4.78, 5) is 35.9. The van der Waals surface area contributed by atoms with Crippen molar-refractivity contribution in [3.63, 3.8) is 0 Å². The maximum atomic E-state index is 14.0. The van der Waals surface area contributed by atoms with Crippen molar-refractivity contribution in [2.75, 3.05) is 24.2 Å². The monoisotopic (exact) mass is 454 g/mol. The van der Waals surface area contributed by atoms with Gasteiger partial charge >= 0.3 is 6.03 Å². The summed E-state index contributed by atoms with van der Waals surface area (Å²) in [5.41, 5.74) is 0.589. The Labute approximate surface area is 180 Å². The second kappa shape index (κ2) is 9.73. The maximum absolute atomic E-state index is 14.0. The van der Waals surface area contributed by atoms with Gasteiger partial charge in [-0.2, -0.15) is 0 Å². The molecule has 0 bridgehead atoms. The summed E-state index contributed by atoms with van der Waals surface area (Å²) >= 11 is 0. The van der Waals surface area contributed by atoms with Crippen LogP contribution in [-0.4, -0.2) is 50.0 Å². The van der Waals surface area contributed by atoms with E-state index in [1.807, 2.05) is 0 Å². The molecule has 1 atom stereocenters. The van der Waals surface area contributed by atoms with Gasteiger partial charge in [-0.25, -0.2) is 22.3 Å². The van der Waals surface area contributed by atoms with Crippen LogP contribution in [0.2, 0.25) is 0 Å². The number of amides is 4. The molecule has 1 saturated carbocycles. The molecule has 3 rings (SSSR count). The molecule has 1 unspecified atom stereocenters. The van der Waals surface area contributed by atoms with E-state index in [1.165, 1.54) is 23.1 Å². The highest BCUT2D eigenvalue weighted by molar-refractivity contribution is 7.89. The highest BCUT2D eigenvalue weighted by Gasteiger charge is 2.30. The zero-order valence-corrected chi connectivity index (χ0v) is 18.1. The lowest BCUT2D eigenvalue weighted by molar-refractivity contribution is -0.118. The number of unbranched alkanes of at least 4 members (excludes halogenated alkanes) is 2. The number of nitrogens with zero attached hydrogens (tertiary/aromatic N) is 1. The highest BCUT2D eigenvalue weighted by atomic mass is 32.2. The van der Waals surface area contributed by atoms with Crippen LogP contribution in [0.4, 0.5) is 14.9 Å². The fourth-order valence-corrected chi connectivity index (χ4v) is 4.70. The smallest absolute Gasteiger partial charge is 0.323 e. The Morgan fingerprint density at radius 2 is 2.00 bits per heavy atom. The second-order valence-electron chi connectivity index (χ2n) is 8.00. The van der Waals surface area contributed by atoms with E-state index in [1.54, 1.807) is 6.92 Å². The summed E-state index contributed by atoms with van der Waals surface area (Å²) in [7, 11) is -3.58. The van der Waals surface area contributed by atoms with E-state index in [9.17, 15) is 27.2 Å². The minimum absolute atomic E-state index is 0.0387. The summed E-state index contributed by atoms with van der Waals surface area (Å²) in [6.45, 7) is 2.09. The van der Waals surface area contributed by atoms with Gasteiger partial charge in [0.2, 0.25) is 21.8 Å². The van der Waals surface area contributed by atoms with Crippen LogP contribution in [0, 0.1) is 11.7 Å². The molecule has 1 heterocycles. The van der Waals surface area contributed by atoms with Crippen molar-refractivity contribution in [3.8, 4) is 0 Å². The molecule has 1 saturated heterocycles. The molecule has 11 heteroatoms. The van der Waals surface area contributed by atoms with E-state index in [0.29, 0.717) is 31.4 Å². The minimum Gasteiger partial charge on any atom is -0.323 e. The summed E-state index contributed by atoms with van der Waals surface area (Å²) in [6.07, 6.45) is 3.17. The van der Waals surface area contributed by atoms with E-state index in [-0.39, 0.29) is 35.7 Å². The molecule has 2 fully saturated rings. The number of sulfonamides is 1. The molecule has 3 N–H and O–H groups in total. The molecule has 1 aromatic rings. The Morgan fingerprint density at radius 3 is 2.65 bits per heavy atom. The second-order valence-corrected chi connectivity index (χ2v) is 9.87. The normalized spacial score (nSPS) is 17.5. The molecule has 2 aliphatic rings. The molecule has 1 aliphatic carbocycles. The van der Waals surface area contributed by atoms with Crippen LogP contribution >= 0.6 is 0 Å². The van der Waals surface area contributed by atoms with Gasteiger partial charge in [0.05, 0.1) is 11.4 Å². The van der Waals surface area contributed by atoms with Gasteiger partial charge < -0.3 is 10.2 Å². The third-order valence-electron chi connectivity index (χ3n) is 5.26. The number of anilines is 1. The standard InChI is InChI=1S/C20H27FN4O5S/c1-13(15-7-8-16(21)17(11-15)22-19(27)14-5-6-14)24-31(29,30)10-4-2-3-9-25-12-18(26)23-20(25)28/h7-8,11,13-14,24H,2-6,9-10,12H2,1H3,(H,22,27)(H,23,26,28). The largest absolute Gasteiger partial charge is 0.324 e. The van der Waals surface area contributed by atoms with Gasteiger partial charge in [-0.1, -0.05) is 12.5 Å². The lowest BCUT2D eigenvalue weighted by Gasteiger charge is -2.17. The van der Waals surface area contributed by atoms with Crippen LogP contribution in [0.5, 0.6) is 0 Å². The SMILES string of the molecule is CC(NS(=O)(=O)CCCCCN1CC(=O)NC1=O)c1ccc(F)c(NC(=O)C2CC2)c1. The first-order valence-electron chi connectivity index (χ1n) is 10.3. The molecular formula is C20H27FN4O5S. The molecule has 4 amide bonds. The fraction of sp³-hybridized carbons (Fsp3) is 0.550. The fourth-order valence-electron chi connectivity index (χ4n) is 3.32. The summed E-state index contributed by atoms with van der Waals surface area (Å²) in [6, 6.07) is 3.13. The number of carbonyl (C=O) groups excluding carboxylic acids is 3. The van der Waals surface area contributed by atoms with Crippen molar-refractivity contribution in [1.82, 2.24) is 14.9 Å². The van der Waals surface area contributed by atoms with Crippen LogP contribution in [-0.2, 0) is 19.6 Å². The highest BCUT2D eigenvalue weighted by Crippen LogP contribution is 2.31. The molecule has 9 nitrogen and oxygen atoms in total. The first kappa shape index (κ1) is 23.1. The Kier molecular flexibility index (Phi) is 7.26. The number of urea groups is 1. The molecule has 170 valence electrons. The number of benzene rings is 1. The van der Waals surface area contributed by atoms with Crippen LogP contribution < -0.4 is 15.4 Å². The third-order valence-corrected chi connectivity index (χ3v) is 6.80. The van der Waals surface area contributed by atoms with Crippen molar-refractivity contribution >= 4 is 33.6 Å². The van der Waals surface area contributed by atoms with Crippen LogP contribution in [0.25, 0.3) is 0 Å². The predicted octanol–water partition coefficient (Wildman–Crippen LogP) is 1.88. The minimum atomic E-state index is -3.58. The zero-order chi connectivity index (χ0) is 22.6. The Morgan fingerprint density at radius 1 is 1.26 bits per heavy atom. The van der Waals surface area contributed by atoms with Gasteiger partial charge in [0, 0.05) is 18.5 Å². The number of imide groups is 1. The van der Waals surface area contributed by atoms with Gasteiger partial charge in [0.15, 0.2) is 0 Å². The van der Waals surface area contributed by atoms with Crippen molar-refractivity contribution in [3.05, 3.63) is 29.6 Å². The Bertz CT molecular complexity index is 964. The Balaban J connectivity index is 1.45. The maximum Gasteiger partial charge on any atom is 0.324 e. The van der Waals surface area contributed by atoms with Crippen molar-refractivity contribution < 1.29 is 27.2 Å². The average Bonchev–Trinajstić information content (AvgIpc) is 3.48. The van der Waals surface area contributed by atoms with Gasteiger partial charge in [-0.05, 0) is 50.3 Å². The van der Waals surface area contributed by atoms with Gasteiger partial charge in [0.1, 0.15) is 12.4 Å². The zero-order valence-electron chi connectivity index (χ0n) is 17.3. The summed E-state index contributed by atoms with van der Waals surface area (Å²) < 4.78 is 41.3. The predicted molar refractivity (Wildman–Crippen MR) is 112 cm³/mol. The van der Waals surface area contributed by atoms with E-state index < -0.39 is 27.9 Å². The topological polar surface area (TPSA) is 125 Å². The number of rotatable bonds is 11.